The molecule has 0 aliphatic carbocycles. The number of sulfone groups is 1. The Labute approximate surface area is 148 Å². The first-order chi connectivity index (χ1) is 11.8. The topological polar surface area (TPSA) is 87.7 Å². The molecule has 1 saturated heterocycles. The third-order valence-electron chi connectivity index (χ3n) is 4.53. The fraction of sp³-hybridized carbons (Fsp3) is 0.588. The van der Waals surface area contributed by atoms with Crippen LogP contribution in [0, 0.1) is 0 Å². The van der Waals surface area contributed by atoms with E-state index >= 15 is 0 Å². The van der Waals surface area contributed by atoms with Gasteiger partial charge in [0.25, 0.3) is 0 Å². The minimum Gasteiger partial charge on any atom is -0.345 e. The molecule has 8 heteroatoms. The molecule has 0 bridgehead atoms. The Hall–Kier alpha value is -1.96. The van der Waals surface area contributed by atoms with Gasteiger partial charge in [-0.05, 0) is 30.5 Å². The van der Waals surface area contributed by atoms with Gasteiger partial charge in [-0.2, -0.15) is 0 Å². The first-order valence-electron chi connectivity index (χ1n) is 8.39. The van der Waals surface area contributed by atoms with Crippen molar-refractivity contribution >= 4 is 21.7 Å². The monoisotopic (exact) mass is 367 g/mol. The summed E-state index contributed by atoms with van der Waals surface area (Å²) in [7, 11) is -1.32. The number of amides is 2. The summed E-state index contributed by atoms with van der Waals surface area (Å²) in [6.07, 6.45) is 4.83. The van der Waals surface area contributed by atoms with E-state index in [1.807, 2.05) is 12.1 Å². The molecule has 1 aromatic rings. The van der Waals surface area contributed by atoms with Gasteiger partial charge in [0.15, 0.2) is 9.84 Å². The van der Waals surface area contributed by atoms with Crippen molar-refractivity contribution < 1.29 is 18.0 Å². The molecule has 1 atom stereocenters. The average molecular weight is 367 g/mol. The van der Waals surface area contributed by atoms with E-state index in [9.17, 15) is 18.0 Å². The van der Waals surface area contributed by atoms with Gasteiger partial charge in [0.05, 0.1) is 11.5 Å². The standard InChI is InChI=1S/C17H25N3O4S/c1-14(21)20(16-7-12-25(23,24)13-16)11-6-17(22)19(2)10-5-15-3-8-18-9-4-15/h3-4,8-9,16H,5-7,10-13H2,1-2H3. The Morgan fingerprint density at radius 1 is 1.24 bits per heavy atom. The minimum atomic E-state index is -3.06. The normalized spacial score (nSPS) is 18.7. The summed E-state index contributed by atoms with van der Waals surface area (Å²) in [5, 5.41) is 0. The molecule has 25 heavy (non-hydrogen) atoms. The zero-order valence-electron chi connectivity index (χ0n) is 14.7. The highest BCUT2D eigenvalue weighted by Crippen LogP contribution is 2.18. The number of carbonyl (C=O) groups excluding carboxylic acids is 2. The van der Waals surface area contributed by atoms with Gasteiger partial charge in [0.1, 0.15) is 0 Å². The number of hydrogen-bond acceptors (Lipinski definition) is 5. The first-order valence-corrected chi connectivity index (χ1v) is 10.2. The maximum absolute atomic E-state index is 12.3. The highest BCUT2D eigenvalue weighted by Gasteiger charge is 2.33. The largest absolute Gasteiger partial charge is 0.345 e. The second-order valence-electron chi connectivity index (χ2n) is 6.44. The fourth-order valence-corrected chi connectivity index (χ4v) is 4.73. The van der Waals surface area contributed by atoms with Crippen molar-refractivity contribution in [3.8, 4) is 0 Å². The van der Waals surface area contributed by atoms with Crippen molar-refractivity contribution in [3.63, 3.8) is 0 Å². The van der Waals surface area contributed by atoms with E-state index < -0.39 is 9.84 Å². The maximum atomic E-state index is 12.3. The number of carbonyl (C=O) groups is 2. The molecule has 138 valence electrons. The van der Waals surface area contributed by atoms with Gasteiger partial charge in [-0.25, -0.2) is 8.42 Å². The molecule has 0 saturated carbocycles. The van der Waals surface area contributed by atoms with E-state index in [4.69, 9.17) is 0 Å². The molecule has 7 nitrogen and oxygen atoms in total. The predicted octanol–water partition coefficient (Wildman–Crippen LogP) is 0.508. The molecule has 2 amide bonds. The summed E-state index contributed by atoms with van der Waals surface area (Å²) >= 11 is 0. The van der Waals surface area contributed by atoms with Crippen molar-refractivity contribution in [2.45, 2.75) is 32.2 Å². The number of hydrogen-bond donors (Lipinski definition) is 0. The SMILES string of the molecule is CC(=O)N(CCC(=O)N(C)CCc1ccncc1)C1CCS(=O)(=O)C1. The van der Waals surface area contributed by atoms with Crippen molar-refractivity contribution in [1.82, 2.24) is 14.8 Å². The molecule has 0 aromatic carbocycles. The van der Waals surface area contributed by atoms with E-state index in [2.05, 4.69) is 4.98 Å². The highest BCUT2D eigenvalue weighted by molar-refractivity contribution is 7.91. The molecule has 0 radical (unpaired) electrons. The van der Waals surface area contributed by atoms with Crippen LogP contribution in [0.15, 0.2) is 24.5 Å². The summed E-state index contributed by atoms with van der Waals surface area (Å²) in [5.41, 5.74) is 1.11. The fourth-order valence-electron chi connectivity index (χ4n) is 3.00. The lowest BCUT2D eigenvalue weighted by molar-refractivity contribution is -0.133. The summed E-state index contributed by atoms with van der Waals surface area (Å²) in [6, 6.07) is 3.52. The van der Waals surface area contributed by atoms with Crippen LogP contribution in [0.5, 0.6) is 0 Å². The molecular formula is C17H25N3O4S. The van der Waals surface area contributed by atoms with Gasteiger partial charge in [0.2, 0.25) is 11.8 Å². The summed E-state index contributed by atoms with van der Waals surface area (Å²) < 4.78 is 23.2. The third kappa shape index (κ3) is 5.81. The molecule has 0 N–H and O–H groups in total. The Morgan fingerprint density at radius 3 is 2.48 bits per heavy atom. The Bertz CT molecular complexity index is 706. The molecule has 1 aliphatic heterocycles. The first kappa shape index (κ1) is 19.4. The second-order valence-corrected chi connectivity index (χ2v) is 8.67. The molecule has 2 heterocycles. The number of likely N-dealkylation sites (N-methyl/N-ethyl adjacent to an activating group) is 1. The maximum Gasteiger partial charge on any atom is 0.224 e. The van der Waals surface area contributed by atoms with Crippen LogP contribution in [-0.2, 0) is 25.8 Å². The van der Waals surface area contributed by atoms with Crippen molar-refractivity contribution in [3.05, 3.63) is 30.1 Å². The van der Waals surface area contributed by atoms with Crippen LogP contribution >= 0.6 is 0 Å². The van der Waals surface area contributed by atoms with Crippen molar-refractivity contribution in [2.24, 2.45) is 0 Å². The number of nitrogens with zero attached hydrogens (tertiary/aromatic N) is 3. The van der Waals surface area contributed by atoms with Gasteiger partial charge in [-0.1, -0.05) is 0 Å². The lowest BCUT2D eigenvalue weighted by Gasteiger charge is -2.27. The predicted molar refractivity (Wildman–Crippen MR) is 94.6 cm³/mol. The van der Waals surface area contributed by atoms with Crippen LogP contribution in [0.4, 0.5) is 0 Å². The van der Waals surface area contributed by atoms with E-state index in [1.165, 1.54) is 11.8 Å². The lowest BCUT2D eigenvalue weighted by atomic mass is 10.2. The molecule has 1 aliphatic rings. The van der Waals surface area contributed by atoms with Gasteiger partial charge >= 0.3 is 0 Å². The molecule has 1 aromatic heterocycles. The lowest BCUT2D eigenvalue weighted by Crippen LogP contribution is -2.42. The van der Waals surface area contributed by atoms with Gasteiger partial charge < -0.3 is 9.80 Å². The molecule has 1 unspecified atom stereocenters. The van der Waals surface area contributed by atoms with Crippen molar-refractivity contribution in [1.29, 1.82) is 0 Å². The zero-order chi connectivity index (χ0) is 18.4. The Kier molecular flexibility index (Phi) is 6.52. The van der Waals surface area contributed by atoms with E-state index in [0.29, 0.717) is 13.0 Å². The Morgan fingerprint density at radius 2 is 1.92 bits per heavy atom. The van der Waals surface area contributed by atoms with E-state index in [-0.39, 0.29) is 42.3 Å². The van der Waals surface area contributed by atoms with Crippen molar-refractivity contribution in [2.75, 3.05) is 31.6 Å². The van der Waals surface area contributed by atoms with Crippen LogP contribution < -0.4 is 0 Å². The zero-order valence-corrected chi connectivity index (χ0v) is 15.5. The van der Waals surface area contributed by atoms with Crippen LogP contribution in [0.25, 0.3) is 0 Å². The smallest absolute Gasteiger partial charge is 0.224 e. The van der Waals surface area contributed by atoms with Gasteiger partial charge in [0, 0.05) is 51.9 Å². The second kappa shape index (κ2) is 8.42. The quantitative estimate of drug-likeness (QED) is 0.701. The summed E-state index contributed by atoms with van der Waals surface area (Å²) in [5.74, 6) is -0.129. The molecule has 0 spiro atoms. The average Bonchev–Trinajstić information content (AvgIpc) is 2.93. The number of rotatable bonds is 7. The van der Waals surface area contributed by atoms with Crippen LogP contribution in [0.3, 0.4) is 0 Å². The van der Waals surface area contributed by atoms with Crippen LogP contribution in [0.2, 0.25) is 0 Å². The van der Waals surface area contributed by atoms with Crippen LogP contribution in [0.1, 0.15) is 25.3 Å². The summed E-state index contributed by atoms with van der Waals surface area (Å²) in [6.45, 7) is 2.26. The highest BCUT2D eigenvalue weighted by atomic mass is 32.2. The van der Waals surface area contributed by atoms with E-state index in [1.54, 1.807) is 24.3 Å². The number of aromatic nitrogens is 1. The van der Waals surface area contributed by atoms with Crippen LogP contribution in [-0.4, -0.2) is 72.7 Å². The number of pyridine rings is 1. The van der Waals surface area contributed by atoms with Gasteiger partial charge in [-0.3, -0.25) is 14.6 Å². The minimum absolute atomic E-state index is 0.00134. The van der Waals surface area contributed by atoms with Gasteiger partial charge in [-0.15, -0.1) is 0 Å². The summed E-state index contributed by atoms with van der Waals surface area (Å²) in [4.78, 5) is 31.3. The molecule has 1 fully saturated rings. The van der Waals surface area contributed by atoms with E-state index in [0.717, 1.165) is 12.0 Å². The molecule has 2 rings (SSSR count). The third-order valence-corrected chi connectivity index (χ3v) is 6.28. The molecular weight excluding hydrogens is 342 g/mol. The Balaban J connectivity index is 1.83.